The number of nitro groups is 1. The molecule has 1 aromatic rings. The molecule has 0 amide bonds. The van der Waals surface area contributed by atoms with Crippen molar-refractivity contribution >= 4 is 5.69 Å². The highest BCUT2D eigenvalue weighted by atomic mass is 16.6. The summed E-state index contributed by atoms with van der Waals surface area (Å²) in [5.74, 6) is 0. The Morgan fingerprint density at radius 1 is 1.44 bits per heavy atom. The highest BCUT2D eigenvalue weighted by Crippen LogP contribution is 2.18. The summed E-state index contributed by atoms with van der Waals surface area (Å²) in [5.41, 5.74) is 5.96. The highest BCUT2D eigenvalue weighted by Gasteiger charge is 2.14. The predicted octanol–water partition coefficient (Wildman–Crippen LogP) is 1.85. The molecule has 0 aromatic heterocycles. The number of nitrogens with zero attached hydrogens (tertiary/aromatic N) is 1. The summed E-state index contributed by atoms with van der Waals surface area (Å²) < 4.78 is 5.35. The summed E-state index contributed by atoms with van der Waals surface area (Å²) >= 11 is 0. The first kappa shape index (κ1) is 12.6. The van der Waals surface area contributed by atoms with Gasteiger partial charge in [0.2, 0.25) is 0 Å². The van der Waals surface area contributed by atoms with E-state index in [-0.39, 0.29) is 12.3 Å². The molecule has 0 aliphatic heterocycles. The van der Waals surface area contributed by atoms with Crippen LogP contribution in [0.2, 0.25) is 0 Å². The van der Waals surface area contributed by atoms with Gasteiger partial charge in [0.15, 0.2) is 0 Å². The van der Waals surface area contributed by atoms with Crippen molar-refractivity contribution in [3.05, 3.63) is 39.9 Å². The summed E-state index contributed by atoms with van der Waals surface area (Å²) in [6.07, 6.45) is 0. The van der Waals surface area contributed by atoms with E-state index < -0.39 is 10.5 Å². The lowest BCUT2D eigenvalue weighted by Gasteiger charge is -2.18. The van der Waals surface area contributed by atoms with Crippen LogP contribution in [0, 0.1) is 10.1 Å². The zero-order valence-electron chi connectivity index (χ0n) is 9.47. The van der Waals surface area contributed by atoms with Crippen LogP contribution >= 0.6 is 0 Å². The Morgan fingerprint density at radius 3 is 2.62 bits per heavy atom. The summed E-state index contributed by atoms with van der Waals surface area (Å²) in [6, 6.07) is 6.53. The van der Waals surface area contributed by atoms with Crippen molar-refractivity contribution in [2.75, 3.05) is 6.61 Å². The van der Waals surface area contributed by atoms with Crippen molar-refractivity contribution in [1.29, 1.82) is 0 Å². The van der Waals surface area contributed by atoms with E-state index in [0.29, 0.717) is 12.2 Å². The van der Waals surface area contributed by atoms with Crippen molar-refractivity contribution in [3.8, 4) is 0 Å². The molecule has 5 heteroatoms. The van der Waals surface area contributed by atoms with Crippen molar-refractivity contribution in [1.82, 2.24) is 0 Å². The zero-order chi connectivity index (χ0) is 12.2. The standard InChI is InChI=1S/C11H16N2O3/c1-11(2,12)8-16-7-9-5-3-4-6-10(9)13(14)15/h3-6H,7-8,12H2,1-2H3. The fourth-order valence-corrected chi connectivity index (χ4v) is 1.24. The van der Waals surface area contributed by atoms with Gasteiger partial charge < -0.3 is 10.5 Å². The third-order valence-electron chi connectivity index (χ3n) is 1.92. The second-order valence-electron chi connectivity index (χ2n) is 4.37. The molecule has 0 spiro atoms. The van der Waals surface area contributed by atoms with Crippen LogP contribution in [0.5, 0.6) is 0 Å². The fraction of sp³-hybridized carbons (Fsp3) is 0.455. The lowest BCUT2D eigenvalue weighted by atomic mass is 10.1. The van der Waals surface area contributed by atoms with Gasteiger partial charge in [-0.3, -0.25) is 10.1 Å². The van der Waals surface area contributed by atoms with Gasteiger partial charge in [-0.2, -0.15) is 0 Å². The first-order valence-corrected chi connectivity index (χ1v) is 4.99. The predicted molar refractivity (Wildman–Crippen MR) is 61.0 cm³/mol. The monoisotopic (exact) mass is 224 g/mol. The number of rotatable bonds is 5. The lowest BCUT2D eigenvalue weighted by molar-refractivity contribution is -0.386. The van der Waals surface area contributed by atoms with Crippen molar-refractivity contribution in [2.45, 2.75) is 26.0 Å². The number of nitro benzene ring substituents is 1. The molecule has 0 bridgehead atoms. The maximum atomic E-state index is 10.7. The van der Waals surface area contributed by atoms with Crippen LogP contribution < -0.4 is 5.73 Å². The lowest BCUT2D eigenvalue weighted by Crippen LogP contribution is -2.37. The normalized spacial score (nSPS) is 11.4. The Labute approximate surface area is 94.4 Å². The maximum absolute atomic E-state index is 10.7. The van der Waals surface area contributed by atoms with Crippen molar-refractivity contribution in [2.24, 2.45) is 5.73 Å². The summed E-state index contributed by atoms with van der Waals surface area (Å²) in [4.78, 5) is 10.3. The molecule has 88 valence electrons. The minimum Gasteiger partial charge on any atom is -0.375 e. The van der Waals surface area contributed by atoms with E-state index in [1.165, 1.54) is 6.07 Å². The molecule has 0 unspecified atom stereocenters. The van der Waals surface area contributed by atoms with E-state index in [4.69, 9.17) is 10.5 Å². The molecule has 0 fully saturated rings. The SMILES string of the molecule is CC(C)(N)COCc1ccccc1[N+](=O)[O-]. The first-order chi connectivity index (χ1) is 7.40. The van der Waals surface area contributed by atoms with Gasteiger partial charge in [0.25, 0.3) is 5.69 Å². The topological polar surface area (TPSA) is 78.4 Å². The van der Waals surface area contributed by atoms with Crippen LogP contribution in [-0.4, -0.2) is 17.1 Å². The number of benzene rings is 1. The molecule has 0 radical (unpaired) electrons. The van der Waals surface area contributed by atoms with E-state index in [9.17, 15) is 10.1 Å². The van der Waals surface area contributed by atoms with Gasteiger partial charge in [0.05, 0.1) is 23.7 Å². The van der Waals surface area contributed by atoms with Gasteiger partial charge in [-0.1, -0.05) is 12.1 Å². The van der Waals surface area contributed by atoms with Crippen LogP contribution in [0.4, 0.5) is 5.69 Å². The van der Waals surface area contributed by atoms with Crippen LogP contribution in [0.1, 0.15) is 19.4 Å². The molecule has 1 rings (SSSR count). The third-order valence-corrected chi connectivity index (χ3v) is 1.92. The summed E-state index contributed by atoms with van der Waals surface area (Å²) in [7, 11) is 0. The van der Waals surface area contributed by atoms with Gasteiger partial charge in [0.1, 0.15) is 0 Å². The first-order valence-electron chi connectivity index (χ1n) is 4.99. The summed E-state index contributed by atoms with van der Waals surface area (Å²) in [5, 5.41) is 10.7. The number of ether oxygens (including phenoxy) is 1. The molecule has 16 heavy (non-hydrogen) atoms. The van der Waals surface area contributed by atoms with Crippen LogP contribution in [0.15, 0.2) is 24.3 Å². The molecule has 0 aliphatic rings. The van der Waals surface area contributed by atoms with E-state index in [0.717, 1.165) is 0 Å². The zero-order valence-corrected chi connectivity index (χ0v) is 9.47. The molecule has 2 N–H and O–H groups in total. The van der Waals surface area contributed by atoms with E-state index in [1.54, 1.807) is 18.2 Å². The Morgan fingerprint density at radius 2 is 2.06 bits per heavy atom. The molecular weight excluding hydrogens is 208 g/mol. The third kappa shape index (κ3) is 3.96. The smallest absolute Gasteiger partial charge is 0.274 e. The second kappa shape index (κ2) is 5.05. The quantitative estimate of drug-likeness (QED) is 0.611. The average molecular weight is 224 g/mol. The van der Waals surface area contributed by atoms with Gasteiger partial charge in [-0.25, -0.2) is 0 Å². The Balaban J connectivity index is 2.64. The molecule has 5 nitrogen and oxygen atoms in total. The largest absolute Gasteiger partial charge is 0.375 e. The van der Waals surface area contributed by atoms with Crippen molar-refractivity contribution in [3.63, 3.8) is 0 Å². The van der Waals surface area contributed by atoms with Crippen LogP contribution in [-0.2, 0) is 11.3 Å². The fourth-order valence-electron chi connectivity index (χ4n) is 1.24. The number of nitrogens with two attached hydrogens (primary N) is 1. The van der Waals surface area contributed by atoms with Crippen LogP contribution in [0.25, 0.3) is 0 Å². The van der Waals surface area contributed by atoms with Gasteiger partial charge in [-0.15, -0.1) is 0 Å². The highest BCUT2D eigenvalue weighted by molar-refractivity contribution is 5.39. The number of hydrogen-bond donors (Lipinski definition) is 1. The van der Waals surface area contributed by atoms with E-state index in [1.807, 2.05) is 13.8 Å². The second-order valence-corrected chi connectivity index (χ2v) is 4.37. The Kier molecular flexibility index (Phi) is 3.98. The molecular formula is C11H16N2O3. The Hall–Kier alpha value is -1.46. The average Bonchev–Trinajstić information content (AvgIpc) is 2.16. The molecule has 0 saturated heterocycles. The van der Waals surface area contributed by atoms with Crippen molar-refractivity contribution < 1.29 is 9.66 Å². The minimum absolute atomic E-state index is 0.0809. The van der Waals surface area contributed by atoms with Crippen LogP contribution in [0.3, 0.4) is 0 Å². The maximum Gasteiger partial charge on any atom is 0.274 e. The summed E-state index contributed by atoms with van der Waals surface area (Å²) in [6.45, 7) is 4.25. The minimum atomic E-state index is -0.427. The Bertz CT molecular complexity index is 372. The molecule has 0 aliphatic carbocycles. The van der Waals surface area contributed by atoms with E-state index >= 15 is 0 Å². The van der Waals surface area contributed by atoms with Gasteiger partial charge in [0, 0.05) is 11.6 Å². The van der Waals surface area contributed by atoms with Gasteiger partial charge >= 0.3 is 0 Å². The number of para-hydroxylation sites is 1. The molecule has 1 aromatic carbocycles. The number of hydrogen-bond acceptors (Lipinski definition) is 4. The molecule has 0 atom stereocenters. The molecule has 0 saturated carbocycles. The van der Waals surface area contributed by atoms with Gasteiger partial charge in [-0.05, 0) is 19.9 Å². The molecule has 0 heterocycles. The van der Waals surface area contributed by atoms with E-state index in [2.05, 4.69) is 0 Å².